The maximum atomic E-state index is 12.8. The summed E-state index contributed by atoms with van der Waals surface area (Å²) in [5, 5.41) is 2.78. The molecule has 2 rings (SSSR count). The number of nitrogens with two attached hydrogens (primary N) is 1. The monoisotopic (exact) mass is 266 g/mol. The van der Waals surface area contributed by atoms with Gasteiger partial charge in [0.25, 0.3) is 0 Å². The van der Waals surface area contributed by atoms with Crippen molar-refractivity contribution in [3.63, 3.8) is 0 Å². The maximum absolute atomic E-state index is 12.8. The molecule has 0 aliphatic rings. The molecule has 2 aromatic rings. The molecule has 0 unspecified atom stereocenters. The molecule has 3 N–H and O–H groups in total. The van der Waals surface area contributed by atoms with Gasteiger partial charge in [-0.25, -0.2) is 0 Å². The molecule has 0 amide bonds. The minimum Gasteiger partial charge on any atom is -0.398 e. The van der Waals surface area contributed by atoms with Gasteiger partial charge in [-0.15, -0.1) is 0 Å². The number of alkyl halides is 3. The third-order valence-electron chi connectivity index (χ3n) is 2.76. The predicted molar refractivity (Wildman–Crippen MR) is 69.6 cm³/mol. The molecule has 0 atom stereocenters. The zero-order valence-electron chi connectivity index (χ0n) is 10.0. The van der Waals surface area contributed by atoms with Gasteiger partial charge in [-0.05, 0) is 23.8 Å². The first-order valence-corrected chi connectivity index (χ1v) is 5.72. The Kier molecular flexibility index (Phi) is 3.64. The van der Waals surface area contributed by atoms with Gasteiger partial charge in [-0.2, -0.15) is 13.2 Å². The second-order valence-electron chi connectivity index (χ2n) is 4.10. The normalized spacial score (nSPS) is 11.3. The number of anilines is 2. The Bertz CT molecular complexity index is 565. The highest BCUT2D eigenvalue weighted by Gasteiger charge is 2.32. The van der Waals surface area contributed by atoms with Crippen LogP contribution in [0, 0.1) is 0 Å². The van der Waals surface area contributed by atoms with E-state index < -0.39 is 11.7 Å². The molecule has 100 valence electrons. The van der Waals surface area contributed by atoms with Crippen molar-refractivity contribution >= 4 is 11.4 Å². The Labute approximate surface area is 109 Å². The number of nitrogens with one attached hydrogen (secondary N) is 1. The number of halogens is 3. The van der Waals surface area contributed by atoms with Gasteiger partial charge in [0.1, 0.15) is 0 Å². The van der Waals surface area contributed by atoms with Crippen LogP contribution in [0.5, 0.6) is 0 Å². The minimum atomic E-state index is -4.37. The first kappa shape index (κ1) is 13.3. The predicted octanol–water partition coefficient (Wildman–Crippen LogP) is 3.90. The van der Waals surface area contributed by atoms with Crippen molar-refractivity contribution in [3.8, 4) is 0 Å². The Morgan fingerprint density at radius 1 is 0.947 bits per heavy atom. The molecule has 0 radical (unpaired) electrons. The van der Waals surface area contributed by atoms with E-state index >= 15 is 0 Å². The van der Waals surface area contributed by atoms with E-state index in [1.54, 1.807) is 30.3 Å². The Morgan fingerprint density at radius 2 is 1.58 bits per heavy atom. The molecule has 0 aliphatic carbocycles. The van der Waals surface area contributed by atoms with Gasteiger partial charge in [0.05, 0.1) is 5.56 Å². The lowest BCUT2D eigenvalue weighted by Crippen LogP contribution is -2.11. The highest BCUT2D eigenvalue weighted by Crippen LogP contribution is 2.34. The van der Waals surface area contributed by atoms with Crippen LogP contribution in [0.25, 0.3) is 0 Å². The van der Waals surface area contributed by atoms with Gasteiger partial charge in [-0.1, -0.05) is 30.3 Å². The van der Waals surface area contributed by atoms with E-state index in [0.29, 0.717) is 5.69 Å². The summed E-state index contributed by atoms with van der Waals surface area (Å²) in [6.45, 7) is 0.250. The Balaban J connectivity index is 2.19. The summed E-state index contributed by atoms with van der Waals surface area (Å²) < 4.78 is 38.4. The molecule has 0 aliphatic heterocycles. The van der Waals surface area contributed by atoms with Crippen molar-refractivity contribution in [2.75, 3.05) is 11.1 Å². The standard InChI is InChI=1S/C14H13F3N2/c15-14(16,17)11-6-2-4-8-13(11)19-9-10-5-1-3-7-12(10)18/h1-8,19H,9,18H2. The molecule has 0 fully saturated rings. The molecule has 0 spiro atoms. The third-order valence-corrected chi connectivity index (χ3v) is 2.76. The van der Waals surface area contributed by atoms with Gasteiger partial charge in [0.15, 0.2) is 0 Å². The SMILES string of the molecule is Nc1ccccc1CNc1ccccc1C(F)(F)F. The fourth-order valence-electron chi connectivity index (χ4n) is 1.77. The van der Waals surface area contributed by atoms with E-state index in [1.807, 2.05) is 0 Å². The number of rotatable bonds is 3. The van der Waals surface area contributed by atoms with Crippen molar-refractivity contribution < 1.29 is 13.2 Å². The van der Waals surface area contributed by atoms with Crippen molar-refractivity contribution in [2.24, 2.45) is 0 Å². The van der Waals surface area contributed by atoms with E-state index in [-0.39, 0.29) is 12.2 Å². The van der Waals surface area contributed by atoms with Gasteiger partial charge >= 0.3 is 6.18 Å². The quantitative estimate of drug-likeness (QED) is 0.827. The van der Waals surface area contributed by atoms with E-state index in [1.165, 1.54) is 12.1 Å². The van der Waals surface area contributed by atoms with Crippen molar-refractivity contribution in [1.29, 1.82) is 0 Å². The minimum absolute atomic E-state index is 0.0539. The van der Waals surface area contributed by atoms with Gasteiger partial charge in [-0.3, -0.25) is 0 Å². The highest BCUT2D eigenvalue weighted by molar-refractivity contribution is 5.55. The van der Waals surface area contributed by atoms with Crippen LogP contribution in [0.3, 0.4) is 0 Å². The summed E-state index contributed by atoms with van der Waals surface area (Å²) in [6.07, 6.45) is -4.37. The highest BCUT2D eigenvalue weighted by atomic mass is 19.4. The number of nitrogen functional groups attached to an aromatic ring is 1. The summed E-state index contributed by atoms with van der Waals surface area (Å²) >= 11 is 0. The van der Waals surface area contributed by atoms with Crippen LogP contribution in [0.15, 0.2) is 48.5 Å². The maximum Gasteiger partial charge on any atom is 0.418 e. The molecule has 2 nitrogen and oxygen atoms in total. The van der Waals surface area contributed by atoms with Gasteiger partial charge in [0, 0.05) is 17.9 Å². The lowest BCUT2D eigenvalue weighted by molar-refractivity contribution is -0.136. The summed E-state index contributed by atoms with van der Waals surface area (Å²) in [6, 6.07) is 12.5. The summed E-state index contributed by atoms with van der Waals surface area (Å²) in [7, 11) is 0. The largest absolute Gasteiger partial charge is 0.418 e. The molecule has 0 heterocycles. The number of benzene rings is 2. The Morgan fingerprint density at radius 3 is 2.26 bits per heavy atom. The van der Waals surface area contributed by atoms with Crippen LogP contribution in [0.4, 0.5) is 24.5 Å². The fourth-order valence-corrected chi connectivity index (χ4v) is 1.77. The van der Waals surface area contributed by atoms with Crippen LogP contribution < -0.4 is 11.1 Å². The average molecular weight is 266 g/mol. The van der Waals surface area contributed by atoms with E-state index in [4.69, 9.17) is 5.73 Å². The van der Waals surface area contributed by atoms with Gasteiger partial charge < -0.3 is 11.1 Å². The fraction of sp³-hybridized carbons (Fsp3) is 0.143. The van der Waals surface area contributed by atoms with E-state index in [0.717, 1.165) is 11.6 Å². The molecule has 5 heteroatoms. The van der Waals surface area contributed by atoms with E-state index in [9.17, 15) is 13.2 Å². The molecule has 0 saturated heterocycles. The van der Waals surface area contributed by atoms with Crippen LogP contribution in [0.1, 0.15) is 11.1 Å². The summed E-state index contributed by atoms with van der Waals surface area (Å²) in [5.74, 6) is 0. The molecule has 0 saturated carbocycles. The first-order valence-electron chi connectivity index (χ1n) is 5.72. The smallest absolute Gasteiger partial charge is 0.398 e. The lowest BCUT2D eigenvalue weighted by atomic mass is 10.1. The topological polar surface area (TPSA) is 38.0 Å². The number of para-hydroxylation sites is 2. The second-order valence-corrected chi connectivity index (χ2v) is 4.10. The zero-order valence-corrected chi connectivity index (χ0v) is 10.0. The Hall–Kier alpha value is -2.17. The van der Waals surface area contributed by atoms with E-state index in [2.05, 4.69) is 5.32 Å². The van der Waals surface area contributed by atoms with Gasteiger partial charge in [0.2, 0.25) is 0 Å². The zero-order chi connectivity index (χ0) is 13.9. The molecule has 0 bridgehead atoms. The lowest BCUT2D eigenvalue weighted by Gasteiger charge is -2.15. The molecular formula is C14H13F3N2. The van der Waals surface area contributed by atoms with Crippen LogP contribution in [0.2, 0.25) is 0 Å². The summed E-state index contributed by atoms with van der Waals surface area (Å²) in [4.78, 5) is 0. The van der Waals surface area contributed by atoms with Crippen molar-refractivity contribution in [2.45, 2.75) is 12.7 Å². The van der Waals surface area contributed by atoms with Crippen molar-refractivity contribution in [1.82, 2.24) is 0 Å². The second kappa shape index (κ2) is 5.22. The number of hydrogen-bond acceptors (Lipinski definition) is 2. The number of hydrogen-bond donors (Lipinski definition) is 2. The molecule has 19 heavy (non-hydrogen) atoms. The average Bonchev–Trinajstić information content (AvgIpc) is 2.37. The first-order chi connectivity index (χ1) is 8.98. The van der Waals surface area contributed by atoms with Crippen LogP contribution in [-0.4, -0.2) is 0 Å². The van der Waals surface area contributed by atoms with Crippen LogP contribution >= 0.6 is 0 Å². The van der Waals surface area contributed by atoms with Crippen LogP contribution in [-0.2, 0) is 12.7 Å². The molecule has 0 aromatic heterocycles. The van der Waals surface area contributed by atoms with Crippen molar-refractivity contribution in [3.05, 3.63) is 59.7 Å². The third kappa shape index (κ3) is 3.19. The summed E-state index contributed by atoms with van der Waals surface area (Å²) in [5.41, 5.74) is 6.44. The molecular weight excluding hydrogens is 253 g/mol. The molecule has 2 aromatic carbocycles.